The number of esters is 5. The van der Waals surface area contributed by atoms with Crippen LogP contribution >= 0.6 is 0 Å². The minimum atomic E-state index is -1.71. The van der Waals surface area contributed by atoms with Gasteiger partial charge in [-0.1, -0.05) is 30.3 Å². The monoisotopic (exact) mass is 737 g/mol. The molecule has 280 valence electrons. The molecule has 17 nitrogen and oxygen atoms in total. The molecule has 1 saturated heterocycles. The summed E-state index contributed by atoms with van der Waals surface area (Å²) < 4.78 is 38.8. The first-order valence-electron chi connectivity index (χ1n) is 16.0. The Bertz CT molecular complexity index is 1860. The molecule has 0 spiro atoms. The summed E-state index contributed by atoms with van der Waals surface area (Å²) in [5.41, 5.74) is 0.141. The molecule has 1 heterocycles. The lowest BCUT2D eigenvalue weighted by molar-refractivity contribution is -0.384. The number of aryl methyl sites for hydroxylation is 1. The number of nitrogens with zero attached hydrogens (tertiary/aromatic N) is 1. The van der Waals surface area contributed by atoms with Crippen LogP contribution in [0.1, 0.15) is 60.4 Å². The molecule has 53 heavy (non-hydrogen) atoms. The van der Waals surface area contributed by atoms with Crippen molar-refractivity contribution in [2.75, 3.05) is 6.61 Å². The van der Waals surface area contributed by atoms with Crippen molar-refractivity contribution in [2.24, 2.45) is 0 Å². The molecule has 0 radical (unpaired) electrons. The number of ether oxygens (including phenoxy) is 7. The fraction of sp³-hybridized carbons (Fsp3) is 0.333. The first-order valence-corrected chi connectivity index (χ1v) is 16.0. The number of hydrogen-bond donors (Lipinski definition) is 1. The maximum Gasteiger partial charge on any atom is 0.343 e. The Morgan fingerprint density at radius 1 is 0.792 bits per heavy atom. The zero-order valence-electron chi connectivity index (χ0n) is 28.9. The Hall–Kier alpha value is -6.36. The third-order valence-electron chi connectivity index (χ3n) is 7.53. The molecular formula is C36H35NO16. The highest BCUT2D eigenvalue weighted by atomic mass is 16.7. The molecule has 0 aliphatic carbocycles. The number of phenolic OH excluding ortho intramolecular Hbond substituents is 1. The molecule has 5 atom stereocenters. The minimum Gasteiger partial charge on any atom is -0.507 e. The first-order chi connectivity index (χ1) is 25.1. The molecule has 1 unspecified atom stereocenters. The van der Waals surface area contributed by atoms with Gasteiger partial charge in [-0.25, -0.2) is 4.79 Å². The maximum absolute atomic E-state index is 13.6. The first kappa shape index (κ1) is 39.4. The fourth-order valence-electron chi connectivity index (χ4n) is 5.32. The largest absolute Gasteiger partial charge is 0.507 e. The Labute approximate surface area is 301 Å². The Kier molecular flexibility index (Phi) is 13.2. The number of nitro groups is 1. The number of rotatable bonds is 14. The van der Waals surface area contributed by atoms with Crippen molar-refractivity contribution in [3.05, 3.63) is 93.5 Å². The van der Waals surface area contributed by atoms with Gasteiger partial charge >= 0.3 is 29.8 Å². The molecule has 3 aromatic rings. The lowest BCUT2D eigenvalue weighted by Crippen LogP contribution is -2.63. The lowest BCUT2D eigenvalue weighted by Gasteiger charge is -2.43. The molecule has 0 saturated carbocycles. The van der Waals surface area contributed by atoms with E-state index in [0.717, 1.165) is 39.8 Å². The van der Waals surface area contributed by atoms with Gasteiger partial charge in [0.1, 0.15) is 35.5 Å². The summed E-state index contributed by atoms with van der Waals surface area (Å²) in [7, 11) is 0. The van der Waals surface area contributed by atoms with Crippen LogP contribution in [-0.4, -0.2) is 83.0 Å². The van der Waals surface area contributed by atoms with Crippen LogP contribution < -0.4 is 9.47 Å². The van der Waals surface area contributed by atoms with Crippen LogP contribution in [0.2, 0.25) is 0 Å². The van der Waals surface area contributed by atoms with E-state index in [2.05, 4.69) is 0 Å². The summed E-state index contributed by atoms with van der Waals surface area (Å²) in [6, 6.07) is 15.3. The van der Waals surface area contributed by atoms with E-state index < -0.39 is 94.9 Å². The second kappa shape index (κ2) is 17.7. The van der Waals surface area contributed by atoms with E-state index >= 15 is 0 Å². The van der Waals surface area contributed by atoms with Crippen molar-refractivity contribution >= 4 is 41.3 Å². The van der Waals surface area contributed by atoms with Crippen molar-refractivity contribution in [1.29, 1.82) is 0 Å². The quantitative estimate of drug-likeness (QED) is 0.0619. The topological polar surface area (TPSA) is 230 Å². The zero-order chi connectivity index (χ0) is 38.8. The molecule has 1 fully saturated rings. The number of phenols is 1. The van der Waals surface area contributed by atoms with Gasteiger partial charge in [0.2, 0.25) is 12.4 Å². The Balaban J connectivity index is 1.73. The van der Waals surface area contributed by atoms with E-state index in [0.29, 0.717) is 5.56 Å². The summed E-state index contributed by atoms with van der Waals surface area (Å²) in [6.45, 7) is 3.72. The van der Waals surface area contributed by atoms with Gasteiger partial charge in [0.15, 0.2) is 18.0 Å². The number of hydrogen-bond acceptors (Lipinski definition) is 16. The van der Waals surface area contributed by atoms with Gasteiger partial charge < -0.3 is 38.3 Å². The SMILES string of the molecule is CC(=O)OCC1O[C@H](Oc2cc(O)c(C(=O)CCc3ccc([N+](=O)[O-])cc3)c(OC(=O)c3ccccc3)c2)[C@H](OC(C)=O)[C@@H](OC(C)=O)[C@@H]1OC(C)=O. The third kappa shape index (κ3) is 10.8. The van der Waals surface area contributed by atoms with Gasteiger partial charge in [-0.05, 0) is 24.1 Å². The summed E-state index contributed by atoms with van der Waals surface area (Å²) in [4.78, 5) is 85.3. The van der Waals surface area contributed by atoms with Gasteiger partial charge in [0, 0.05) is 58.4 Å². The predicted octanol–water partition coefficient (Wildman–Crippen LogP) is 3.80. The van der Waals surface area contributed by atoms with Crippen LogP contribution in [-0.2, 0) is 49.3 Å². The summed E-state index contributed by atoms with van der Waals surface area (Å²) in [5, 5.41) is 22.2. The molecule has 17 heteroatoms. The van der Waals surface area contributed by atoms with Crippen molar-refractivity contribution in [1.82, 2.24) is 0 Å². The predicted molar refractivity (Wildman–Crippen MR) is 178 cm³/mol. The minimum absolute atomic E-state index is 0.0992. The Morgan fingerprint density at radius 2 is 1.40 bits per heavy atom. The maximum atomic E-state index is 13.6. The molecule has 3 aromatic carbocycles. The van der Waals surface area contributed by atoms with Gasteiger partial charge in [-0.2, -0.15) is 0 Å². The van der Waals surface area contributed by atoms with Crippen molar-refractivity contribution in [3.63, 3.8) is 0 Å². The average molecular weight is 738 g/mol. The van der Waals surface area contributed by atoms with Crippen LogP contribution in [0.5, 0.6) is 17.2 Å². The van der Waals surface area contributed by atoms with E-state index in [1.54, 1.807) is 18.2 Å². The van der Waals surface area contributed by atoms with E-state index in [1.807, 2.05) is 0 Å². The lowest BCUT2D eigenvalue weighted by atomic mass is 9.98. The van der Waals surface area contributed by atoms with Gasteiger partial charge in [-0.3, -0.25) is 34.1 Å². The number of nitro benzene ring substituents is 1. The highest BCUT2D eigenvalue weighted by Gasteiger charge is 2.53. The molecule has 4 rings (SSSR count). The van der Waals surface area contributed by atoms with Crippen LogP contribution in [0.25, 0.3) is 0 Å². The van der Waals surface area contributed by atoms with E-state index in [-0.39, 0.29) is 29.8 Å². The van der Waals surface area contributed by atoms with Crippen LogP contribution in [0, 0.1) is 10.1 Å². The summed E-state index contributed by atoms with van der Waals surface area (Å²) >= 11 is 0. The van der Waals surface area contributed by atoms with E-state index in [4.69, 9.17) is 33.2 Å². The third-order valence-corrected chi connectivity index (χ3v) is 7.53. The van der Waals surface area contributed by atoms with Crippen LogP contribution in [0.4, 0.5) is 5.69 Å². The molecular weight excluding hydrogens is 702 g/mol. The standard InChI is InChI=1S/C36H35NO16/c1-19(38)47-18-30-32(48-20(2)39)33(49-21(3)40)34(50-22(4)41)36(53-30)51-26-16-28(43)31(29(17-26)52-35(44)24-8-6-5-7-9-24)27(42)15-12-23-10-13-25(14-11-23)37(45)46/h5-11,13-14,16-17,30,32-34,36,43H,12,15,18H2,1-4H3/t30?,32-,33+,34-,36+/m1/s1. The summed E-state index contributed by atoms with van der Waals surface area (Å²) in [5.74, 6) is -6.35. The highest BCUT2D eigenvalue weighted by molar-refractivity contribution is 6.03. The van der Waals surface area contributed by atoms with Crippen molar-refractivity contribution in [3.8, 4) is 17.2 Å². The van der Waals surface area contributed by atoms with E-state index in [9.17, 15) is 44.0 Å². The number of Topliss-reactive ketones (excluding diaryl/α,β-unsaturated/α-hetero) is 1. The number of aromatic hydroxyl groups is 1. The average Bonchev–Trinajstić information content (AvgIpc) is 3.08. The number of carbonyl (C=O) groups is 6. The van der Waals surface area contributed by atoms with Gasteiger partial charge in [-0.15, -0.1) is 0 Å². The molecule has 1 aliphatic rings. The Morgan fingerprint density at radius 3 is 1.98 bits per heavy atom. The fourth-order valence-corrected chi connectivity index (χ4v) is 5.32. The number of ketones is 1. The molecule has 1 aliphatic heterocycles. The van der Waals surface area contributed by atoms with Crippen LogP contribution in [0.15, 0.2) is 66.7 Å². The number of benzene rings is 3. The van der Waals surface area contributed by atoms with Crippen molar-refractivity contribution < 1.29 is 72.0 Å². The summed E-state index contributed by atoms with van der Waals surface area (Å²) in [6.07, 6.45) is -7.85. The van der Waals surface area contributed by atoms with Gasteiger partial charge in [0.05, 0.1) is 10.5 Å². The molecule has 0 bridgehead atoms. The van der Waals surface area contributed by atoms with Gasteiger partial charge in [0.25, 0.3) is 5.69 Å². The molecule has 0 amide bonds. The number of non-ortho nitro benzene ring substituents is 1. The molecule has 1 N–H and O–H groups in total. The smallest absolute Gasteiger partial charge is 0.343 e. The van der Waals surface area contributed by atoms with E-state index in [1.165, 1.54) is 36.4 Å². The second-order valence-electron chi connectivity index (χ2n) is 11.6. The normalized spacial score (nSPS) is 19.2. The van der Waals surface area contributed by atoms with Crippen LogP contribution in [0.3, 0.4) is 0 Å². The second-order valence-corrected chi connectivity index (χ2v) is 11.6. The molecule has 0 aromatic heterocycles. The zero-order valence-corrected chi connectivity index (χ0v) is 28.9. The highest BCUT2D eigenvalue weighted by Crippen LogP contribution is 2.38. The number of carbonyl (C=O) groups excluding carboxylic acids is 6. The van der Waals surface area contributed by atoms with Crippen molar-refractivity contribution in [2.45, 2.75) is 71.2 Å².